The van der Waals surface area contributed by atoms with E-state index in [4.69, 9.17) is 9.63 Å². The average molecular weight is 335 g/mol. The van der Waals surface area contributed by atoms with Crippen molar-refractivity contribution in [3.63, 3.8) is 0 Å². The number of aromatic nitrogens is 1. The number of carbonyl (C=O) groups is 1. The van der Waals surface area contributed by atoms with Crippen molar-refractivity contribution in [2.24, 2.45) is 0 Å². The summed E-state index contributed by atoms with van der Waals surface area (Å²) in [4.78, 5) is 9.93. The van der Waals surface area contributed by atoms with Crippen LogP contribution in [-0.2, 0) is 4.79 Å². The minimum atomic E-state index is -0.995. The van der Waals surface area contributed by atoms with E-state index in [9.17, 15) is 4.79 Å². The molecule has 0 bridgehead atoms. The summed E-state index contributed by atoms with van der Waals surface area (Å²) in [5.74, 6) is -0.995. The number of carboxylic acids is 1. The lowest BCUT2D eigenvalue weighted by molar-refractivity contribution is -0.136. The van der Waals surface area contributed by atoms with Gasteiger partial charge < -0.3 is 9.63 Å². The largest absolute Gasteiger partial charge is 0.480 e. The molecule has 1 N–H and O–H groups in total. The standard InChI is InChI=1S/C9H5Br2NO3/c10-4-1-2-6-5(3-4)8(12-15-6)7(11)9(13)14/h1-3,7H,(H,13,14). The second-order valence-electron chi connectivity index (χ2n) is 2.91. The zero-order chi connectivity index (χ0) is 11.0. The number of carboxylic acid groups (broad SMARTS) is 1. The normalized spacial score (nSPS) is 12.9. The summed E-state index contributed by atoms with van der Waals surface area (Å²) in [5.41, 5.74) is 0.942. The maximum atomic E-state index is 10.8. The zero-order valence-electron chi connectivity index (χ0n) is 7.28. The van der Waals surface area contributed by atoms with Crippen molar-refractivity contribution in [2.45, 2.75) is 4.83 Å². The van der Waals surface area contributed by atoms with E-state index in [1.165, 1.54) is 0 Å². The Morgan fingerprint density at radius 3 is 2.93 bits per heavy atom. The van der Waals surface area contributed by atoms with Gasteiger partial charge >= 0.3 is 5.97 Å². The molecule has 0 aliphatic carbocycles. The lowest BCUT2D eigenvalue weighted by Gasteiger charge is -1.99. The van der Waals surface area contributed by atoms with Crippen LogP contribution >= 0.6 is 31.9 Å². The number of nitrogens with zero attached hydrogens (tertiary/aromatic N) is 1. The Bertz CT molecular complexity index is 523. The van der Waals surface area contributed by atoms with Crippen LogP contribution in [0.1, 0.15) is 10.5 Å². The molecule has 78 valence electrons. The van der Waals surface area contributed by atoms with Crippen molar-refractivity contribution in [3.8, 4) is 0 Å². The van der Waals surface area contributed by atoms with E-state index in [-0.39, 0.29) is 0 Å². The fourth-order valence-electron chi connectivity index (χ4n) is 1.23. The van der Waals surface area contributed by atoms with E-state index in [1.807, 2.05) is 0 Å². The molecule has 0 amide bonds. The molecule has 0 saturated carbocycles. The Morgan fingerprint density at radius 1 is 1.53 bits per heavy atom. The average Bonchev–Trinajstić information content (AvgIpc) is 2.59. The van der Waals surface area contributed by atoms with Crippen molar-refractivity contribution in [1.82, 2.24) is 5.16 Å². The molecule has 0 saturated heterocycles. The van der Waals surface area contributed by atoms with E-state index >= 15 is 0 Å². The second-order valence-corrected chi connectivity index (χ2v) is 4.74. The van der Waals surface area contributed by atoms with E-state index in [2.05, 4.69) is 37.0 Å². The number of alkyl halides is 1. The van der Waals surface area contributed by atoms with Crippen molar-refractivity contribution in [2.75, 3.05) is 0 Å². The van der Waals surface area contributed by atoms with Crippen LogP contribution in [0.25, 0.3) is 11.0 Å². The van der Waals surface area contributed by atoms with E-state index in [1.54, 1.807) is 18.2 Å². The van der Waals surface area contributed by atoms with Gasteiger partial charge in [-0.2, -0.15) is 0 Å². The first-order valence-electron chi connectivity index (χ1n) is 4.01. The van der Waals surface area contributed by atoms with Crippen LogP contribution in [0.15, 0.2) is 27.2 Å². The van der Waals surface area contributed by atoms with Crippen LogP contribution in [-0.4, -0.2) is 16.2 Å². The number of fused-ring (bicyclic) bond motifs is 1. The molecule has 1 heterocycles. The van der Waals surface area contributed by atoms with Gasteiger partial charge in [0, 0.05) is 9.86 Å². The minimum Gasteiger partial charge on any atom is -0.480 e. The highest BCUT2D eigenvalue weighted by atomic mass is 79.9. The molecule has 4 nitrogen and oxygen atoms in total. The number of benzene rings is 1. The number of hydrogen-bond acceptors (Lipinski definition) is 3. The predicted molar refractivity (Wildman–Crippen MR) is 61.0 cm³/mol. The van der Waals surface area contributed by atoms with Gasteiger partial charge in [-0.15, -0.1) is 0 Å². The van der Waals surface area contributed by atoms with Crippen LogP contribution in [0.4, 0.5) is 0 Å². The van der Waals surface area contributed by atoms with Crippen molar-refractivity contribution < 1.29 is 14.4 Å². The molecule has 0 aliphatic rings. The molecule has 1 atom stereocenters. The first kappa shape index (κ1) is 10.6. The summed E-state index contributed by atoms with van der Waals surface area (Å²) in [7, 11) is 0. The molecular formula is C9H5Br2NO3. The molecule has 0 spiro atoms. The predicted octanol–water partition coefficient (Wildman–Crippen LogP) is 3.11. The van der Waals surface area contributed by atoms with E-state index in [0.29, 0.717) is 16.7 Å². The molecular weight excluding hydrogens is 330 g/mol. The molecule has 2 aromatic rings. The quantitative estimate of drug-likeness (QED) is 0.857. The molecule has 0 aliphatic heterocycles. The summed E-state index contributed by atoms with van der Waals surface area (Å²) in [6.45, 7) is 0. The summed E-state index contributed by atoms with van der Waals surface area (Å²) >= 11 is 6.34. The van der Waals surface area contributed by atoms with Gasteiger partial charge in [0.1, 0.15) is 5.69 Å². The zero-order valence-corrected chi connectivity index (χ0v) is 10.4. The van der Waals surface area contributed by atoms with Gasteiger partial charge in [0.05, 0.1) is 0 Å². The Balaban J connectivity index is 2.61. The molecule has 1 aromatic heterocycles. The highest BCUT2D eigenvalue weighted by molar-refractivity contribution is 9.10. The maximum Gasteiger partial charge on any atom is 0.323 e. The summed E-state index contributed by atoms with van der Waals surface area (Å²) < 4.78 is 5.86. The lowest BCUT2D eigenvalue weighted by Crippen LogP contribution is -2.04. The van der Waals surface area contributed by atoms with Gasteiger partial charge in [0.2, 0.25) is 0 Å². The van der Waals surface area contributed by atoms with Crippen LogP contribution in [0, 0.1) is 0 Å². The van der Waals surface area contributed by atoms with Crippen LogP contribution in [0.2, 0.25) is 0 Å². The number of halogens is 2. The van der Waals surface area contributed by atoms with E-state index in [0.717, 1.165) is 4.47 Å². The van der Waals surface area contributed by atoms with Gasteiger partial charge in [-0.05, 0) is 18.2 Å². The first-order chi connectivity index (χ1) is 7.09. The number of aliphatic carboxylic acids is 1. The number of hydrogen-bond donors (Lipinski definition) is 1. The van der Waals surface area contributed by atoms with Crippen molar-refractivity contribution in [1.29, 1.82) is 0 Å². The lowest BCUT2D eigenvalue weighted by atomic mass is 10.2. The third-order valence-electron chi connectivity index (χ3n) is 1.92. The molecule has 15 heavy (non-hydrogen) atoms. The number of rotatable bonds is 2. The van der Waals surface area contributed by atoms with Gasteiger partial charge in [0.25, 0.3) is 0 Å². The third kappa shape index (κ3) is 1.91. The Morgan fingerprint density at radius 2 is 2.27 bits per heavy atom. The maximum absolute atomic E-state index is 10.8. The van der Waals surface area contributed by atoms with Crippen LogP contribution < -0.4 is 0 Å². The fraction of sp³-hybridized carbons (Fsp3) is 0.111. The van der Waals surface area contributed by atoms with Crippen molar-refractivity contribution in [3.05, 3.63) is 28.4 Å². The third-order valence-corrected chi connectivity index (χ3v) is 3.24. The van der Waals surface area contributed by atoms with Gasteiger partial charge in [0.15, 0.2) is 10.4 Å². The monoisotopic (exact) mass is 333 g/mol. The molecule has 0 fully saturated rings. The van der Waals surface area contributed by atoms with Gasteiger partial charge in [-0.1, -0.05) is 37.0 Å². The highest BCUT2D eigenvalue weighted by Crippen LogP contribution is 2.31. The Labute approximate surface area is 101 Å². The highest BCUT2D eigenvalue weighted by Gasteiger charge is 2.22. The molecule has 1 unspecified atom stereocenters. The summed E-state index contributed by atoms with van der Waals surface area (Å²) in [6, 6.07) is 5.32. The van der Waals surface area contributed by atoms with Crippen LogP contribution in [0.3, 0.4) is 0 Å². The smallest absolute Gasteiger partial charge is 0.323 e. The topological polar surface area (TPSA) is 63.3 Å². The van der Waals surface area contributed by atoms with Crippen LogP contribution in [0.5, 0.6) is 0 Å². The molecule has 2 rings (SSSR count). The Kier molecular flexibility index (Phi) is 2.79. The SMILES string of the molecule is O=C(O)C(Br)c1noc2ccc(Br)cc12. The van der Waals surface area contributed by atoms with Gasteiger partial charge in [-0.3, -0.25) is 4.79 Å². The van der Waals surface area contributed by atoms with Gasteiger partial charge in [-0.25, -0.2) is 0 Å². The van der Waals surface area contributed by atoms with E-state index < -0.39 is 10.8 Å². The summed E-state index contributed by atoms with van der Waals surface area (Å²) in [6.07, 6.45) is 0. The minimum absolute atomic E-state index is 0.374. The Hall–Kier alpha value is -0.880. The summed E-state index contributed by atoms with van der Waals surface area (Å²) in [5, 5.41) is 13.3. The van der Waals surface area contributed by atoms with Crippen molar-refractivity contribution >= 4 is 48.8 Å². The second kappa shape index (κ2) is 3.94. The first-order valence-corrected chi connectivity index (χ1v) is 5.72. The fourth-order valence-corrected chi connectivity index (χ4v) is 1.92. The molecule has 1 aromatic carbocycles. The molecule has 0 radical (unpaired) electrons. The molecule has 6 heteroatoms.